The summed E-state index contributed by atoms with van der Waals surface area (Å²) >= 11 is 0. The van der Waals surface area contributed by atoms with Gasteiger partial charge in [0, 0.05) is 18.7 Å². The van der Waals surface area contributed by atoms with Crippen LogP contribution in [0, 0.1) is 0 Å². The highest BCUT2D eigenvalue weighted by molar-refractivity contribution is 7.83. The molecule has 4 aromatic rings. The fraction of sp³-hybridized carbons (Fsp3) is 0.107. The van der Waals surface area contributed by atoms with Crippen molar-refractivity contribution in [2.75, 3.05) is 6.54 Å². The van der Waals surface area contributed by atoms with Crippen LogP contribution in [0.4, 0.5) is 0 Å². The summed E-state index contributed by atoms with van der Waals surface area (Å²) < 4.78 is 15.7. The number of nitrogens with one attached hydrogen (secondary N) is 2. The molecule has 0 heterocycles. The van der Waals surface area contributed by atoms with Crippen molar-refractivity contribution in [1.29, 1.82) is 0 Å². The molecule has 0 aliphatic carbocycles. The van der Waals surface area contributed by atoms with E-state index >= 15 is 0 Å². The fourth-order valence-corrected chi connectivity index (χ4v) is 4.54. The zero-order valence-corrected chi connectivity index (χ0v) is 19.6. The van der Waals surface area contributed by atoms with Crippen molar-refractivity contribution in [2.45, 2.75) is 17.9 Å². The standard InChI is InChI=1S/C28H26N2O2S.H2O/c31-28(29-20-19-22-11-3-1-4-12-22)27-18-10-9-17-26(27)25-16-8-7-13-23(25)21-30-33(32)24-14-5-2-6-15-24;/h1-18,30H,19-21H2,(H,29,31);1H2. The van der Waals surface area contributed by atoms with Gasteiger partial charge >= 0.3 is 0 Å². The molecular formula is C28H28N2O3S. The molecule has 0 spiro atoms. The number of carbonyl (C=O) groups is 1. The molecule has 5 nitrogen and oxygen atoms in total. The largest absolute Gasteiger partial charge is 0.412 e. The molecule has 1 unspecified atom stereocenters. The van der Waals surface area contributed by atoms with E-state index in [1.54, 1.807) is 0 Å². The van der Waals surface area contributed by atoms with Gasteiger partial charge in [-0.25, -0.2) is 8.93 Å². The SMILES string of the molecule is O.O=C(NCCc1ccccc1)c1ccccc1-c1ccccc1CNS(=O)c1ccccc1. The Balaban J connectivity index is 0.00000324. The Bertz CT molecular complexity index is 1230. The lowest BCUT2D eigenvalue weighted by Crippen LogP contribution is -2.26. The lowest BCUT2D eigenvalue weighted by Gasteiger charge is -2.14. The zero-order chi connectivity index (χ0) is 22.9. The summed E-state index contributed by atoms with van der Waals surface area (Å²) in [6.45, 7) is 0.984. The lowest BCUT2D eigenvalue weighted by molar-refractivity contribution is 0.0955. The van der Waals surface area contributed by atoms with Crippen LogP contribution < -0.4 is 10.0 Å². The molecule has 0 aromatic heterocycles. The molecule has 34 heavy (non-hydrogen) atoms. The predicted octanol–water partition coefficient (Wildman–Crippen LogP) is 4.31. The molecule has 4 aromatic carbocycles. The van der Waals surface area contributed by atoms with Gasteiger partial charge in [-0.1, -0.05) is 91.0 Å². The smallest absolute Gasteiger partial charge is 0.251 e. The number of hydrogen-bond acceptors (Lipinski definition) is 2. The molecular weight excluding hydrogens is 444 g/mol. The van der Waals surface area contributed by atoms with Crippen LogP contribution in [0.25, 0.3) is 11.1 Å². The molecule has 4 N–H and O–H groups in total. The number of benzene rings is 4. The first-order valence-corrected chi connectivity index (χ1v) is 12.1. The fourth-order valence-electron chi connectivity index (χ4n) is 3.68. The third-order valence-electron chi connectivity index (χ3n) is 5.37. The number of carbonyl (C=O) groups excluding carboxylic acids is 1. The van der Waals surface area contributed by atoms with Crippen LogP contribution >= 0.6 is 0 Å². The third kappa shape index (κ3) is 6.48. The maximum atomic E-state index is 13.0. The van der Waals surface area contributed by atoms with E-state index < -0.39 is 11.0 Å². The number of amides is 1. The van der Waals surface area contributed by atoms with Gasteiger partial charge in [0.25, 0.3) is 5.91 Å². The summed E-state index contributed by atoms with van der Waals surface area (Å²) in [4.78, 5) is 13.7. The molecule has 0 fully saturated rings. The van der Waals surface area contributed by atoms with Gasteiger partial charge in [-0.15, -0.1) is 0 Å². The molecule has 0 aliphatic heterocycles. The van der Waals surface area contributed by atoms with Gasteiger partial charge < -0.3 is 10.8 Å². The molecule has 0 bridgehead atoms. The predicted molar refractivity (Wildman–Crippen MR) is 138 cm³/mol. The second kappa shape index (κ2) is 12.6. The minimum atomic E-state index is -1.31. The molecule has 0 saturated carbocycles. The zero-order valence-electron chi connectivity index (χ0n) is 18.7. The van der Waals surface area contributed by atoms with Crippen molar-refractivity contribution < 1.29 is 14.5 Å². The van der Waals surface area contributed by atoms with Crippen LogP contribution in [0.3, 0.4) is 0 Å². The Kier molecular flexibility index (Phi) is 9.29. The molecule has 0 aliphatic rings. The topological polar surface area (TPSA) is 89.7 Å². The van der Waals surface area contributed by atoms with Crippen molar-refractivity contribution in [3.05, 3.63) is 126 Å². The van der Waals surface area contributed by atoms with Crippen LogP contribution in [0.2, 0.25) is 0 Å². The summed E-state index contributed by atoms with van der Waals surface area (Å²) in [5, 5.41) is 3.05. The van der Waals surface area contributed by atoms with E-state index in [1.165, 1.54) is 5.56 Å². The highest BCUT2D eigenvalue weighted by Gasteiger charge is 2.15. The Morgan fingerprint density at radius 1 is 0.706 bits per heavy atom. The summed E-state index contributed by atoms with van der Waals surface area (Å²) in [6.07, 6.45) is 0.778. The van der Waals surface area contributed by atoms with E-state index in [9.17, 15) is 9.00 Å². The van der Waals surface area contributed by atoms with E-state index in [0.717, 1.165) is 28.0 Å². The van der Waals surface area contributed by atoms with Gasteiger partial charge in [0.15, 0.2) is 0 Å². The van der Waals surface area contributed by atoms with Crippen LogP contribution in [0.5, 0.6) is 0 Å². The van der Waals surface area contributed by atoms with Crippen molar-refractivity contribution in [3.63, 3.8) is 0 Å². The van der Waals surface area contributed by atoms with Crippen molar-refractivity contribution in [1.82, 2.24) is 10.0 Å². The maximum Gasteiger partial charge on any atom is 0.251 e. The van der Waals surface area contributed by atoms with Crippen LogP contribution in [-0.4, -0.2) is 22.1 Å². The van der Waals surface area contributed by atoms with Gasteiger partial charge in [0.05, 0.1) is 4.90 Å². The molecule has 0 radical (unpaired) electrons. The summed E-state index contributed by atoms with van der Waals surface area (Å²) in [6, 6.07) is 34.9. The van der Waals surface area contributed by atoms with Gasteiger partial charge in [-0.3, -0.25) is 4.79 Å². The van der Waals surface area contributed by atoms with E-state index in [4.69, 9.17) is 0 Å². The van der Waals surface area contributed by atoms with Crippen LogP contribution in [0.1, 0.15) is 21.5 Å². The highest BCUT2D eigenvalue weighted by atomic mass is 32.2. The lowest BCUT2D eigenvalue weighted by atomic mass is 9.95. The molecule has 1 atom stereocenters. The van der Waals surface area contributed by atoms with Gasteiger partial charge in [-0.2, -0.15) is 0 Å². The minimum Gasteiger partial charge on any atom is -0.412 e. The summed E-state index contributed by atoms with van der Waals surface area (Å²) in [7, 11) is -1.31. The monoisotopic (exact) mass is 472 g/mol. The molecule has 6 heteroatoms. The number of rotatable bonds is 9. The van der Waals surface area contributed by atoms with Crippen LogP contribution in [-0.2, 0) is 24.0 Å². The Morgan fingerprint density at radius 3 is 2.03 bits per heavy atom. The average Bonchev–Trinajstić information content (AvgIpc) is 2.88. The summed E-state index contributed by atoms with van der Waals surface area (Å²) in [5.41, 5.74) is 4.60. The normalized spacial score (nSPS) is 11.3. The second-order valence-corrected chi connectivity index (χ2v) is 8.89. The first-order chi connectivity index (χ1) is 16.2. The Labute approximate surface area is 202 Å². The quantitative estimate of drug-likeness (QED) is 0.380. The molecule has 4 rings (SSSR count). The highest BCUT2D eigenvalue weighted by Crippen LogP contribution is 2.27. The average molecular weight is 473 g/mol. The first-order valence-electron chi connectivity index (χ1n) is 10.9. The van der Waals surface area contributed by atoms with Gasteiger partial charge in [0.1, 0.15) is 11.0 Å². The molecule has 174 valence electrons. The van der Waals surface area contributed by atoms with Crippen molar-refractivity contribution in [2.24, 2.45) is 0 Å². The van der Waals surface area contributed by atoms with E-state index in [1.807, 2.05) is 97.1 Å². The van der Waals surface area contributed by atoms with E-state index in [2.05, 4.69) is 22.2 Å². The van der Waals surface area contributed by atoms with Crippen LogP contribution in [0.15, 0.2) is 114 Å². The van der Waals surface area contributed by atoms with E-state index in [-0.39, 0.29) is 11.4 Å². The second-order valence-electron chi connectivity index (χ2n) is 7.60. The van der Waals surface area contributed by atoms with Crippen molar-refractivity contribution >= 4 is 16.9 Å². The minimum absolute atomic E-state index is 0. The van der Waals surface area contributed by atoms with E-state index in [0.29, 0.717) is 18.7 Å². The maximum absolute atomic E-state index is 13.0. The third-order valence-corrected chi connectivity index (χ3v) is 6.48. The molecule has 1 amide bonds. The van der Waals surface area contributed by atoms with Crippen molar-refractivity contribution in [3.8, 4) is 11.1 Å². The Hall–Kier alpha value is -3.58. The van der Waals surface area contributed by atoms with Gasteiger partial charge in [0.2, 0.25) is 0 Å². The Morgan fingerprint density at radius 2 is 1.29 bits per heavy atom. The first kappa shape index (κ1) is 25.1. The molecule has 0 saturated heterocycles. The summed E-state index contributed by atoms with van der Waals surface area (Å²) in [5.74, 6) is -0.0999. The number of hydrogen-bond donors (Lipinski definition) is 2. The van der Waals surface area contributed by atoms with Gasteiger partial charge in [-0.05, 0) is 46.9 Å².